The molecule has 1 amide bonds. The summed E-state index contributed by atoms with van der Waals surface area (Å²) in [5.74, 6) is -0.516. The van der Waals surface area contributed by atoms with Crippen LogP contribution in [0.1, 0.15) is 21.6 Å². The summed E-state index contributed by atoms with van der Waals surface area (Å²) < 4.78 is 5.82. The van der Waals surface area contributed by atoms with E-state index in [1.807, 2.05) is 24.3 Å². The van der Waals surface area contributed by atoms with Crippen molar-refractivity contribution >= 4 is 23.6 Å². The number of para-hydroxylation sites is 2. The molecule has 0 spiro atoms. The number of carboxylic acid groups (broad SMARTS) is 1. The number of rotatable bonds is 4. The molecule has 6 nitrogen and oxygen atoms in total. The zero-order chi connectivity index (χ0) is 19.5. The van der Waals surface area contributed by atoms with Gasteiger partial charge in [-0.25, -0.2) is 4.79 Å². The number of nitrogens with zero attached hydrogens (tertiary/aromatic N) is 2. The number of aromatic carboxylic acids is 1. The van der Waals surface area contributed by atoms with Crippen molar-refractivity contribution in [2.45, 2.75) is 6.54 Å². The molecule has 0 atom stereocenters. The van der Waals surface area contributed by atoms with E-state index in [-0.39, 0.29) is 17.2 Å². The highest BCUT2D eigenvalue weighted by atomic mass is 16.5. The Kier molecular flexibility index (Phi) is 4.60. The van der Waals surface area contributed by atoms with Crippen molar-refractivity contribution in [1.29, 1.82) is 0 Å². The largest absolute Gasteiger partial charge is 0.478 e. The lowest BCUT2D eigenvalue weighted by atomic mass is 10.1. The molecule has 0 fully saturated rings. The first kappa shape index (κ1) is 17.5. The van der Waals surface area contributed by atoms with Crippen molar-refractivity contribution in [3.63, 3.8) is 0 Å². The van der Waals surface area contributed by atoms with Crippen LogP contribution in [0.3, 0.4) is 0 Å². The predicted octanol–water partition coefficient (Wildman–Crippen LogP) is 3.75. The van der Waals surface area contributed by atoms with Gasteiger partial charge < -0.3 is 9.84 Å². The Balaban J connectivity index is 1.69. The normalized spacial score (nSPS) is 14.5. The summed E-state index contributed by atoms with van der Waals surface area (Å²) in [6, 6.07) is 19.2. The van der Waals surface area contributed by atoms with Crippen LogP contribution in [0.5, 0.6) is 5.75 Å². The number of fused-ring (bicyclic) bond motifs is 1. The van der Waals surface area contributed by atoms with Crippen LogP contribution in [0.2, 0.25) is 0 Å². The lowest BCUT2D eigenvalue weighted by molar-refractivity contribution is -0.117. The number of carbonyl (C=O) groups excluding carboxylic acids is 1. The van der Waals surface area contributed by atoms with Gasteiger partial charge in [-0.15, -0.1) is 0 Å². The van der Waals surface area contributed by atoms with Gasteiger partial charge in [0.25, 0.3) is 5.91 Å². The molecule has 6 heteroatoms. The number of anilines is 1. The molecule has 0 bridgehead atoms. The molecular formula is C22H16N2O4. The van der Waals surface area contributed by atoms with Crippen molar-refractivity contribution in [1.82, 2.24) is 4.98 Å². The molecule has 1 aromatic heterocycles. The Morgan fingerprint density at radius 3 is 2.50 bits per heavy atom. The first-order valence-electron chi connectivity index (χ1n) is 8.65. The fraction of sp³-hybridized carbons (Fsp3) is 0.0455. The van der Waals surface area contributed by atoms with Crippen LogP contribution in [0.15, 0.2) is 78.7 Å². The molecule has 28 heavy (non-hydrogen) atoms. The highest BCUT2D eigenvalue weighted by molar-refractivity contribution is 6.09. The maximum atomic E-state index is 13.1. The van der Waals surface area contributed by atoms with Gasteiger partial charge in [0.15, 0.2) is 11.5 Å². The van der Waals surface area contributed by atoms with E-state index in [1.54, 1.807) is 47.5 Å². The molecule has 0 unspecified atom stereocenters. The molecular weight excluding hydrogens is 356 g/mol. The van der Waals surface area contributed by atoms with Gasteiger partial charge in [-0.2, -0.15) is 0 Å². The number of benzene rings is 2. The lowest BCUT2D eigenvalue weighted by Gasteiger charge is -2.30. The van der Waals surface area contributed by atoms with Gasteiger partial charge in [0, 0.05) is 12.3 Å². The minimum atomic E-state index is -0.986. The summed E-state index contributed by atoms with van der Waals surface area (Å²) >= 11 is 0. The second kappa shape index (κ2) is 7.36. The van der Waals surface area contributed by atoms with Gasteiger partial charge in [-0.05, 0) is 42.0 Å². The minimum Gasteiger partial charge on any atom is -0.478 e. The Labute approximate surface area is 161 Å². The Bertz CT molecular complexity index is 1060. The van der Waals surface area contributed by atoms with Gasteiger partial charge in [0.1, 0.15) is 0 Å². The molecule has 0 saturated heterocycles. The molecule has 3 aromatic rings. The molecule has 1 aliphatic rings. The van der Waals surface area contributed by atoms with E-state index in [0.29, 0.717) is 23.7 Å². The highest BCUT2D eigenvalue weighted by Crippen LogP contribution is 2.36. The number of hydrogen-bond donors (Lipinski definition) is 1. The first-order valence-corrected chi connectivity index (χ1v) is 8.65. The fourth-order valence-corrected chi connectivity index (χ4v) is 2.95. The molecule has 4 rings (SSSR count). The smallest absolute Gasteiger partial charge is 0.335 e. The van der Waals surface area contributed by atoms with Gasteiger partial charge >= 0.3 is 5.97 Å². The monoisotopic (exact) mass is 372 g/mol. The number of amides is 1. The first-order chi connectivity index (χ1) is 13.6. The molecule has 2 heterocycles. The summed E-state index contributed by atoms with van der Waals surface area (Å²) in [4.78, 5) is 30.0. The maximum absolute atomic E-state index is 13.1. The van der Waals surface area contributed by atoms with Gasteiger partial charge in [-0.3, -0.25) is 14.7 Å². The third-order valence-corrected chi connectivity index (χ3v) is 4.34. The van der Waals surface area contributed by atoms with Crippen LogP contribution >= 0.6 is 0 Å². The van der Waals surface area contributed by atoms with E-state index in [4.69, 9.17) is 9.84 Å². The van der Waals surface area contributed by atoms with Crippen molar-refractivity contribution in [2.75, 3.05) is 4.90 Å². The van der Waals surface area contributed by atoms with Crippen LogP contribution in [-0.4, -0.2) is 22.0 Å². The molecule has 0 saturated carbocycles. The van der Waals surface area contributed by atoms with Crippen LogP contribution < -0.4 is 9.64 Å². The number of carbonyl (C=O) groups is 2. The summed E-state index contributed by atoms with van der Waals surface area (Å²) in [7, 11) is 0. The fourth-order valence-electron chi connectivity index (χ4n) is 2.95. The Morgan fingerprint density at radius 2 is 1.79 bits per heavy atom. The minimum absolute atomic E-state index is 0.180. The maximum Gasteiger partial charge on any atom is 0.335 e. The molecule has 0 radical (unpaired) electrons. The number of ether oxygens (including phenoxy) is 1. The zero-order valence-corrected chi connectivity index (χ0v) is 14.8. The highest BCUT2D eigenvalue weighted by Gasteiger charge is 2.30. The topological polar surface area (TPSA) is 79.7 Å². The second-order valence-electron chi connectivity index (χ2n) is 6.23. The Morgan fingerprint density at radius 1 is 1.04 bits per heavy atom. The van der Waals surface area contributed by atoms with Gasteiger partial charge in [0.2, 0.25) is 0 Å². The van der Waals surface area contributed by atoms with E-state index in [1.165, 1.54) is 12.1 Å². The number of aromatic nitrogens is 1. The van der Waals surface area contributed by atoms with Crippen molar-refractivity contribution in [3.05, 3.63) is 95.5 Å². The molecule has 0 aliphatic carbocycles. The summed E-state index contributed by atoms with van der Waals surface area (Å²) in [6.45, 7) is 0.290. The average Bonchev–Trinajstić information content (AvgIpc) is 2.72. The van der Waals surface area contributed by atoms with Crippen LogP contribution in [0.25, 0.3) is 6.08 Å². The van der Waals surface area contributed by atoms with Crippen LogP contribution in [-0.2, 0) is 11.3 Å². The van der Waals surface area contributed by atoms with Crippen LogP contribution in [0, 0.1) is 0 Å². The zero-order valence-electron chi connectivity index (χ0n) is 14.8. The summed E-state index contributed by atoms with van der Waals surface area (Å²) in [5, 5.41) is 9.05. The van der Waals surface area contributed by atoms with Crippen molar-refractivity contribution in [3.8, 4) is 5.75 Å². The average molecular weight is 372 g/mol. The Hall–Kier alpha value is -3.93. The van der Waals surface area contributed by atoms with Crippen LogP contribution in [0.4, 0.5) is 5.69 Å². The van der Waals surface area contributed by atoms with E-state index in [0.717, 1.165) is 5.56 Å². The van der Waals surface area contributed by atoms with E-state index < -0.39 is 5.97 Å². The standard InChI is InChI=1S/C22H16N2O4/c25-21-20(13-17-5-3-4-12-23-17)28-19-7-2-1-6-18(19)24(21)14-15-8-10-16(11-9-15)22(26)27/h1-13H,14H2,(H,26,27)/b20-13+. The number of pyridine rings is 1. The SMILES string of the molecule is O=C(O)c1ccc(CN2C(=O)/C(=C\c3ccccn3)Oc3ccccc32)cc1. The summed E-state index contributed by atoms with van der Waals surface area (Å²) in [5.41, 5.74) is 2.30. The molecule has 1 N–H and O–H groups in total. The van der Waals surface area contributed by atoms with Gasteiger partial charge in [-0.1, -0.05) is 30.3 Å². The number of carboxylic acids is 1. The quantitative estimate of drug-likeness (QED) is 0.706. The van der Waals surface area contributed by atoms with Crippen molar-refractivity contribution in [2.24, 2.45) is 0 Å². The third kappa shape index (κ3) is 3.48. The number of hydrogen-bond acceptors (Lipinski definition) is 4. The lowest BCUT2D eigenvalue weighted by Crippen LogP contribution is -2.36. The molecule has 2 aromatic carbocycles. The molecule has 1 aliphatic heterocycles. The molecule has 138 valence electrons. The summed E-state index contributed by atoms with van der Waals surface area (Å²) in [6.07, 6.45) is 3.26. The predicted molar refractivity (Wildman–Crippen MR) is 104 cm³/mol. The van der Waals surface area contributed by atoms with Gasteiger partial charge in [0.05, 0.1) is 23.5 Å². The second-order valence-corrected chi connectivity index (χ2v) is 6.23. The van der Waals surface area contributed by atoms with Crippen molar-refractivity contribution < 1.29 is 19.4 Å². The van der Waals surface area contributed by atoms with E-state index >= 15 is 0 Å². The third-order valence-electron chi connectivity index (χ3n) is 4.34. The van der Waals surface area contributed by atoms with E-state index in [2.05, 4.69) is 4.98 Å². The van der Waals surface area contributed by atoms with E-state index in [9.17, 15) is 9.59 Å².